The van der Waals surface area contributed by atoms with E-state index in [1.807, 2.05) is 25.6 Å². The molecule has 0 aromatic carbocycles. The summed E-state index contributed by atoms with van der Waals surface area (Å²) >= 11 is 1.96. The fourth-order valence-corrected chi connectivity index (χ4v) is 4.57. The number of nitrogens with one attached hydrogen (secondary N) is 1. The molecule has 0 radical (unpaired) electrons. The van der Waals surface area contributed by atoms with Gasteiger partial charge in [-0.1, -0.05) is 13.8 Å². The van der Waals surface area contributed by atoms with Gasteiger partial charge in [0.1, 0.15) is 6.04 Å². The topological polar surface area (TPSA) is 69.6 Å². The van der Waals surface area contributed by atoms with E-state index in [-0.39, 0.29) is 11.4 Å². The molecule has 0 saturated carbocycles. The highest BCUT2D eigenvalue weighted by atomic mass is 32.2. The van der Waals surface area contributed by atoms with E-state index in [0.29, 0.717) is 19.0 Å². The van der Waals surface area contributed by atoms with Crippen molar-refractivity contribution in [1.29, 1.82) is 0 Å². The van der Waals surface area contributed by atoms with E-state index in [1.54, 1.807) is 0 Å². The number of rotatable bonds is 3. The molecule has 5 nitrogen and oxygen atoms in total. The number of carboxylic acids is 1. The van der Waals surface area contributed by atoms with Crippen LogP contribution in [0.1, 0.15) is 39.5 Å². The van der Waals surface area contributed by atoms with Crippen molar-refractivity contribution in [1.82, 2.24) is 10.2 Å². The molecule has 21 heavy (non-hydrogen) atoms. The van der Waals surface area contributed by atoms with Crippen LogP contribution in [0.15, 0.2) is 0 Å². The monoisotopic (exact) mass is 314 g/mol. The molecule has 0 aliphatic carbocycles. The van der Waals surface area contributed by atoms with E-state index < -0.39 is 12.0 Å². The van der Waals surface area contributed by atoms with Crippen molar-refractivity contribution in [2.75, 3.05) is 24.6 Å². The van der Waals surface area contributed by atoms with Crippen molar-refractivity contribution < 1.29 is 14.7 Å². The fourth-order valence-electron chi connectivity index (χ4n) is 3.36. The lowest BCUT2D eigenvalue weighted by atomic mass is 9.76. The lowest BCUT2D eigenvalue weighted by Gasteiger charge is -2.44. The molecule has 1 atom stereocenters. The summed E-state index contributed by atoms with van der Waals surface area (Å²) in [6, 6.07) is -0.943. The Morgan fingerprint density at radius 3 is 2.62 bits per heavy atom. The highest BCUT2D eigenvalue weighted by Gasteiger charge is 2.44. The van der Waals surface area contributed by atoms with Crippen LogP contribution in [0.5, 0.6) is 0 Å². The molecule has 2 aliphatic rings. The van der Waals surface area contributed by atoms with Crippen molar-refractivity contribution in [2.45, 2.75) is 45.6 Å². The number of urea groups is 1. The SMILES string of the molecule is CC1(C)CCCN(C(=O)NCC2CCSCC2)C1C(=O)O. The molecular weight excluding hydrogens is 288 g/mol. The van der Waals surface area contributed by atoms with E-state index in [9.17, 15) is 14.7 Å². The molecule has 0 aromatic rings. The van der Waals surface area contributed by atoms with Gasteiger partial charge in [0.2, 0.25) is 0 Å². The summed E-state index contributed by atoms with van der Waals surface area (Å²) in [7, 11) is 0. The number of thioether (sulfide) groups is 1. The van der Waals surface area contributed by atoms with E-state index in [2.05, 4.69) is 5.32 Å². The maximum atomic E-state index is 12.4. The summed E-state index contributed by atoms with van der Waals surface area (Å²) in [5, 5.41) is 12.4. The third-order valence-corrected chi connectivity index (χ3v) is 5.70. The first-order valence-electron chi connectivity index (χ1n) is 7.77. The number of piperidine rings is 1. The zero-order chi connectivity index (χ0) is 15.5. The fraction of sp³-hybridized carbons (Fsp3) is 0.867. The van der Waals surface area contributed by atoms with Crippen molar-refractivity contribution in [3.8, 4) is 0 Å². The number of carbonyl (C=O) groups is 2. The van der Waals surface area contributed by atoms with Gasteiger partial charge in [-0.25, -0.2) is 9.59 Å². The van der Waals surface area contributed by atoms with E-state index >= 15 is 0 Å². The predicted molar refractivity (Wildman–Crippen MR) is 84.6 cm³/mol. The number of carboxylic acid groups (broad SMARTS) is 1. The maximum Gasteiger partial charge on any atom is 0.327 e. The summed E-state index contributed by atoms with van der Waals surface area (Å²) in [6.07, 6.45) is 3.98. The first kappa shape index (κ1) is 16.5. The summed E-state index contributed by atoms with van der Waals surface area (Å²) in [6.45, 7) is 5.07. The predicted octanol–water partition coefficient (Wildman–Crippen LogP) is 2.41. The Kier molecular flexibility index (Phi) is 5.41. The molecule has 2 N–H and O–H groups in total. The lowest BCUT2D eigenvalue weighted by molar-refractivity contribution is -0.148. The summed E-state index contributed by atoms with van der Waals surface area (Å²) in [5.41, 5.74) is -0.372. The van der Waals surface area contributed by atoms with Crippen LogP contribution in [0.3, 0.4) is 0 Å². The molecule has 0 bridgehead atoms. The normalized spacial score (nSPS) is 26.4. The first-order chi connectivity index (χ1) is 9.92. The minimum Gasteiger partial charge on any atom is -0.480 e. The first-order valence-corrected chi connectivity index (χ1v) is 8.92. The van der Waals surface area contributed by atoms with Gasteiger partial charge in [0, 0.05) is 13.1 Å². The molecule has 6 heteroatoms. The molecule has 2 fully saturated rings. The molecule has 1 unspecified atom stereocenters. The quantitative estimate of drug-likeness (QED) is 0.839. The highest BCUT2D eigenvalue weighted by molar-refractivity contribution is 7.99. The zero-order valence-electron chi connectivity index (χ0n) is 12.9. The highest BCUT2D eigenvalue weighted by Crippen LogP contribution is 2.35. The molecule has 0 spiro atoms. The Bertz CT molecular complexity index is 394. The number of hydrogen-bond acceptors (Lipinski definition) is 3. The van der Waals surface area contributed by atoms with Gasteiger partial charge < -0.3 is 15.3 Å². The van der Waals surface area contributed by atoms with Gasteiger partial charge in [-0.3, -0.25) is 0 Å². The van der Waals surface area contributed by atoms with Crippen LogP contribution in [0.2, 0.25) is 0 Å². The van der Waals surface area contributed by atoms with Gasteiger partial charge >= 0.3 is 12.0 Å². The van der Waals surface area contributed by atoms with Gasteiger partial charge in [0.25, 0.3) is 0 Å². The smallest absolute Gasteiger partial charge is 0.327 e. The van der Waals surface area contributed by atoms with Crippen LogP contribution in [0, 0.1) is 11.3 Å². The Labute approximate surface area is 130 Å². The summed E-state index contributed by atoms with van der Waals surface area (Å²) in [4.78, 5) is 25.5. The van der Waals surface area contributed by atoms with Gasteiger partial charge in [-0.15, -0.1) is 0 Å². The Balaban J connectivity index is 1.94. The van der Waals surface area contributed by atoms with Crippen LogP contribution < -0.4 is 5.32 Å². The van der Waals surface area contributed by atoms with Crippen LogP contribution in [-0.4, -0.2) is 52.6 Å². The van der Waals surface area contributed by atoms with Crippen molar-refractivity contribution >= 4 is 23.8 Å². The molecule has 2 saturated heterocycles. The molecule has 2 amide bonds. The molecule has 2 rings (SSSR count). The average Bonchev–Trinajstić information content (AvgIpc) is 2.44. The largest absolute Gasteiger partial charge is 0.480 e. The molecule has 0 aromatic heterocycles. The van der Waals surface area contributed by atoms with Gasteiger partial charge in [0.15, 0.2) is 0 Å². The number of nitrogens with zero attached hydrogens (tertiary/aromatic N) is 1. The van der Waals surface area contributed by atoms with Crippen molar-refractivity contribution in [3.63, 3.8) is 0 Å². The molecule has 2 heterocycles. The van der Waals surface area contributed by atoms with Crippen LogP contribution >= 0.6 is 11.8 Å². The van der Waals surface area contributed by atoms with Gasteiger partial charge in [-0.05, 0) is 48.5 Å². The number of aliphatic carboxylic acids is 1. The van der Waals surface area contributed by atoms with E-state index in [4.69, 9.17) is 0 Å². The van der Waals surface area contributed by atoms with E-state index in [1.165, 1.54) is 4.90 Å². The second-order valence-electron chi connectivity index (χ2n) is 6.77. The number of amides is 2. The third-order valence-electron chi connectivity index (χ3n) is 4.65. The Morgan fingerprint density at radius 2 is 2.00 bits per heavy atom. The standard InChI is InChI=1S/C15H26N2O3S/c1-15(2)6-3-7-17(12(15)13(18)19)14(20)16-10-11-4-8-21-9-5-11/h11-12H,3-10H2,1-2H3,(H,16,20)(H,18,19). The maximum absolute atomic E-state index is 12.4. The molecular formula is C15H26N2O3S. The molecule has 2 aliphatic heterocycles. The second-order valence-corrected chi connectivity index (χ2v) is 7.99. The minimum atomic E-state index is -0.899. The van der Waals surface area contributed by atoms with Crippen molar-refractivity contribution in [2.24, 2.45) is 11.3 Å². The Morgan fingerprint density at radius 1 is 1.33 bits per heavy atom. The molecule has 120 valence electrons. The van der Waals surface area contributed by atoms with Gasteiger partial charge in [-0.2, -0.15) is 11.8 Å². The zero-order valence-corrected chi connectivity index (χ0v) is 13.7. The third kappa shape index (κ3) is 4.05. The average molecular weight is 314 g/mol. The second kappa shape index (κ2) is 6.90. The lowest BCUT2D eigenvalue weighted by Crippen LogP contribution is -2.59. The number of carbonyl (C=O) groups excluding carboxylic acids is 1. The van der Waals surface area contributed by atoms with Crippen LogP contribution in [0.4, 0.5) is 4.79 Å². The minimum absolute atomic E-state index is 0.214. The Hall–Kier alpha value is -0.910. The number of hydrogen-bond donors (Lipinski definition) is 2. The van der Waals surface area contributed by atoms with Crippen molar-refractivity contribution in [3.05, 3.63) is 0 Å². The summed E-state index contributed by atoms with van der Waals surface area (Å²) < 4.78 is 0. The number of likely N-dealkylation sites (tertiary alicyclic amines) is 1. The van der Waals surface area contributed by atoms with Crippen LogP contribution in [0.25, 0.3) is 0 Å². The van der Waals surface area contributed by atoms with Crippen LogP contribution in [-0.2, 0) is 4.79 Å². The summed E-state index contributed by atoms with van der Waals surface area (Å²) in [5.74, 6) is 1.96. The van der Waals surface area contributed by atoms with Gasteiger partial charge in [0.05, 0.1) is 0 Å². The van der Waals surface area contributed by atoms with E-state index in [0.717, 1.165) is 37.2 Å².